The summed E-state index contributed by atoms with van der Waals surface area (Å²) in [7, 11) is -3.15. The molecule has 0 saturated carbocycles. The van der Waals surface area contributed by atoms with Crippen molar-refractivity contribution in [1.82, 2.24) is 10.3 Å². The molecular formula is C10H9N3O3S. The first-order valence-corrected chi connectivity index (χ1v) is 6.67. The molecule has 1 aromatic heterocycles. The van der Waals surface area contributed by atoms with Crippen molar-refractivity contribution in [2.75, 3.05) is 11.5 Å². The number of aryl methyl sites for hydroxylation is 1. The summed E-state index contributed by atoms with van der Waals surface area (Å²) in [5, 5.41) is 7.12. The molecule has 0 saturated heterocycles. The Bertz CT molecular complexity index is 691. The number of nitrogens with two attached hydrogens (primary N) is 1. The maximum Gasteiger partial charge on any atom is 0.196 e. The maximum atomic E-state index is 11.8. The van der Waals surface area contributed by atoms with E-state index in [1.54, 1.807) is 18.2 Å². The Morgan fingerprint density at radius 3 is 2.82 bits per heavy atom. The van der Waals surface area contributed by atoms with Crippen LogP contribution in [-0.2, 0) is 16.3 Å². The minimum absolute atomic E-state index is 0.153. The molecule has 1 aliphatic heterocycles. The van der Waals surface area contributed by atoms with Gasteiger partial charge in [0.05, 0.1) is 10.6 Å². The van der Waals surface area contributed by atoms with Gasteiger partial charge >= 0.3 is 0 Å². The zero-order valence-corrected chi connectivity index (χ0v) is 9.57. The van der Waals surface area contributed by atoms with Gasteiger partial charge in [0, 0.05) is 5.56 Å². The van der Waals surface area contributed by atoms with E-state index in [-0.39, 0.29) is 11.6 Å². The first kappa shape index (κ1) is 10.3. The van der Waals surface area contributed by atoms with Crippen LogP contribution in [0.15, 0.2) is 27.7 Å². The zero-order chi connectivity index (χ0) is 12.0. The van der Waals surface area contributed by atoms with Crippen LogP contribution in [-0.4, -0.2) is 24.5 Å². The summed E-state index contributed by atoms with van der Waals surface area (Å²) < 4.78 is 28.0. The molecule has 7 heteroatoms. The topological polar surface area (TPSA) is 99.1 Å². The van der Waals surface area contributed by atoms with Gasteiger partial charge in [-0.15, -0.1) is 0 Å². The number of rotatable bonds is 1. The number of sulfone groups is 1. The molecule has 3 rings (SSSR count). The van der Waals surface area contributed by atoms with Crippen LogP contribution >= 0.6 is 0 Å². The lowest BCUT2D eigenvalue weighted by molar-refractivity contribution is 0.310. The quantitative estimate of drug-likeness (QED) is 0.798. The Morgan fingerprint density at radius 2 is 2.12 bits per heavy atom. The van der Waals surface area contributed by atoms with Crippen molar-refractivity contribution in [3.05, 3.63) is 23.8 Å². The molecule has 0 bridgehead atoms. The van der Waals surface area contributed by atoms with E-state index in [2.05, 4.69) is 14.9 Å². The number of anilines is 1. The highest BCUT2D eigenvalue weighted by molar-refractivity contribution is 7.91. The third kappa shape index (κ3) is 1.50. The Kier molecular flexibility index (Phi) is 1.99. The smallest absolute Gasteiger partial charge is 0.196 e. The Labute approximate surface area is 97.3 Å². The average molecular weight is 251 g/mol. The molecule has 1 aromatic carbocycles. The van der Waals surface area contributed by atoms with E-state index in [0.29, 0.717) is 22.6 Å². The van der Waals surface area contributed by atoms with Gasteiger partial charge in [0.15, 0.2) is 21.3 Å². The number of fused-ring (bicyclic) bond motifs is 1. The fraction of sp³-hybridized carbons (Fsp3) is 0.200. The Balaban J connectivity index is 2.21. The largest absolute Gasteiger partial charge is 0.379 e. The van der Waals surface area contributed by atoms with Crippen LogP contribution in [0.2, 0.25) is 0 Å². The van der Waals surface area contributed by atoms with Crippen molar-refractivity contribution in [3.63, 3.8) is 0 Å². The van der Waals surface area contributed by atoms with Crippen molar-refractivity contribution in [2.24, 2.45) is 0 Å². The predicted molar refractivity (Wildman–Crippen MR) is 59.9 cm³/mol. The molecule has 0 atom stereocenters. The SMILES string of the molecule is Nc1nonc1-c1ccc2c(c1)S(=O)(=O)CC2. The number of nitrogen functional groups attached to an aromatic ring is 1. The number of benzene rings is 1. The fourth-order valence-corrected chi connectivity index (χ4v) is 3.53. The molecule has 2 heterocycles. The van der Waals surface area contributed by atoms with Crippen molar-refractivity contribution >= 4 is 15.7 Å². The van der Waals surface area contributed by atoms with Gasteiger partial charge in [-0.05, 0) is 28.4 Å². The molecule has 88 valence electrons. The molecule has 0 fully saturated rings. The van der Waals surface area contributed by atoms with Crippen molar-refractivity contribution in [2.45, 2.75) is 11.3 Å². The van der Waals surface area contributed by atoms with Crippen molar-refractivity contribution in [1.29, 1.82) is 0 Å². The van der Waals surface area contributed by atoms with Crippen molar-refractivity contribution < 1.29 is 13.0 Å². The number of hydrogen-bond acceptors (Lipinski definition) is 6. The first-order valence-electron chi connectivity index (χ1n) is 5.02. The normalized spacial score (nSPS) is 16.9. The minimum atomic E-state index is -3.15. The zero-order valence-electron chi connectivity index (χ0n) is 8.75. The summed E-state index contributed by atoms with van der Waals surface area (Å²) in [5.74, 6) is 0.318. The van der Waals surface area contributed by atoms with Gasteiger partial charge in [0.1, 0.15) is 0 Å². The van der Waals surface area contributed by atoms with E-state index in [4.69, 9.17) is 5.73 Å². The summed E-state index contributed by atoms with van der Waals surface area (Å²) in [4.78, 5) is 0.359. The van der Waals surface area contributed by atoms with Gasteiger partial charge in [-0.3, -0.25) is 0 Å². The molecule has 2 N–H and O–H groups in total. The highest BCUT2D eigenvalue weighted by atomic mass is 32.2. The van der Waals surface area contributed by atoms with Crippen LogP contribution in [0.5, 0.6) is 0 Å². The van der Waals surface area contributed by atoms with Gasteiger partial charge in [-0.1, -0.05) is 12.1 Å². The maximum absolute atomic E-state index is 11.8. The molecule has 0 aliphatic carbocycles. The second kappa shape index (κ2) is 3.30. The average Bonchev–Trinajstić information content (AvgIpc) is 2.84. The van der Waals surface area contributed by atoms with E-state index >= 15 is 0 Å². The molecule has 1 aliphatic rings. The van der Waals surface area contributed by atoms with E-state index < -0.39 is 9.84 Å². The van der Waals surface area contributed by atoms with Gasteiger partial charge in [0.25, 0.3) is 0 Å². The predicted octanol–water partition coefficient (Wildman–Crippen LogP) is 0.649. The lowest BCUT2D eigenvalue weighted by Gasteiger charge is -2.01. The molecule has 0 radical (unpaired) electrons. The number of nitrogens with zero attached hydrogens (tertiary/aromatic N) is 2. The lowest BCUT2D eigenvalue weighted by atomic mass is 10.1. The molecule has 0 amide bonds. The van der Waals surface area contributed by atoms with E-state index in [9.17, 15) is 8.42 Å². The number of aromatic nitrogens is 2. The van der Waals surface area contributed by atoms with Gasteiger partial charge in [-0.2, -0.15) is 0 Å². The molecule has 2 aromatic rings. The molecule has 0 spiro atoms. The standard InChI is InChI=1S/C10H9N3O3S/c11-10-9(12-16-13-10)7-2-1-6-3-4-17(14,15)8(6)5-7/h1-2,5H,3-4H2,(H2,11,13). The third-order valence-corrected chi connectivity index (χ3v) is 4.62. The third-order valence-electron chi connectivity index (χ3n) is 2.83. The van der Waals surface area contributed by atoms with Gasteiger partial charge in [-0.25, -0.2) is 13.0 Å². The second-order valence-electron chi connectivity index (χ2n) is 3.89. The molecule has 6 nitrogen and oxygen atoms in total. The summed E-state index contributed by atoms with van der Waals surface area (Å²) >= 11 is 0. The summed E-state index contributed by atoms with van der Waals surface area (Å²) in [6, 6.07) is 5.13. The van der Waals surface area contributed by atoms with Gasteiger partial charge in [0.2, 0.25) is 0 Å². The highest BCUT2D eigenvalue weighted by Crippen LogP contribution is 2.31. The van der Waals surface area contributed by atoms with Crippen LogP contribution in [0.3, 0.4) is 0 Å². The first-order chi connectivity index (χ1) is 8.08. The molecular weight excluding hydrogens is 242 g/mol. The van der Waals surface area contributed by atoms with E-state index in [0.717, 1.165) is 5.56 Å². The number of hydrogen-bond donors (Lipinski definition) is 1. The van der Waals surface area contributed by atoms with Crippen LogP contribution in [0, 0.1) is 0 Å². The second-order valence-corrected chi connectivity index (χ2v) is 5.97. The van der Waals surface area contributed by atoms with Gasteiger partial charge < -0.3 is 5.73 Å². The summed E-state index contributed by atoms with van der Waals surface area (Å²) in [6.45, 7) is 0. The van der Waals surface area contributed by atoms with E-state index in [1.807, 2.05) is 0 Å². The van der Waals surface area contributed by atoms with Crippen molar-refractivity contribution in [3.8, 4) is 11.3 Å². The minimum Gasteiger partial charge on any atom is -0.379 e. The Hall–Kier alpha value is -1.89. The highest BCUT2D eigenvalue weighted by Gasteiger charge is 2.27. The molecule has 17 heavy (non-hydrogen) atoms. The summed E-state index contributed by atoms with van der Waals surface area (Å²) in [6.07, 6.45) is 0.560. The van der Waals surface area contributed by atoms with Crippen LogP contribution < -0.4 is 5.73 Å². The summed E-state index contributed by atoms with van der Waals surface area (Å²) in [5.41, 5.74) is 7.38. The van der Waals surface area contributed by atoms with Crippen LogP contribution in [0.4, 0.5) is 5.82 Å². The van der Waals surface area contributed by atoms with Crippen LogP contribution in [0.1, 0.15) is 5.56 Å². The monoisotopic (exact) mass is 251 g/mol. The fourth-order valence-electron chi connectivity index (χ4n) is 1.95. The van der Waals surface area contributed by atoms with E-state index in [1.165, 1.54) is 0 Å². The molecule has 0 unspecified atom stereocenters. The lowest BCUT2D eigenvalue weighted by Crippen LogP contribution is -1.99. The van der Waals surface area contributed by atoms with Crippen LogP contribution in [0.25, 0.3) is 11.3 Å². The Morgan fingerprint density at radius 1 is 1.29 bits per heavy atom.